The Bertz CT molecular complexity index is 1540. The zero-order valence-electron chi connectivity index (χ0n) is 15.6. The molecule has 0 spiro atoms. The van der Waals surface area contributed by atoms with Crippen LogP contribution in [0.5, 0.6) is 0 Å². The molecule has 10 heteroatoms. The van der Waals surface area contributed by atoms with Crippen molar-refractivity contribution in [3.8, 4) is 33.2 Å². The van der Waals surface area contributed by atoms with Crippen LogP contribution in [0.1, 0.15) is 0 Å². The van der Waals surface area contributed by atoms with E-state index in [1.165, 1.54) is 6.07 Å². The Morgan fingerprint density at radius 3 is 2.73 bits per heavy atom. The van der Waals surface area contributed by atoms with Gasteiger partial charge in [-0.3, -0.25) is 14.8 Å². The molecule has 6 rings (SSSR count). The third-order valence-corrected chi connectivity index (χ3v) is 5.77. The van der Waals surface area contributed by atoms with Crippen molar-refractivity contribution >= 4 is 33.4 Å². The van der Waals surface area contributed by atoms with Crippen molar-refractivity contribution in [2.24, 2.45) is 7.05 Å². The van der Waals surface area contributed by atoms with E-state index in [2.05, 4.69) is 25.3 Å². The summed E-state index contributed by atoms with van der Waals surface area (Å²) in [4.78, 5) is 17.8. The summed E-state index contributed by atoms with van der Waals surface area (Å²) >= 11 is 1.06. The number of aryl methyl sites for hydroxylation is 1. The Morgan fingerprint density at radius 1 is 1.00 bits per heavy atom. The van der Waals surface area contributed by atoms with Crippen molar-refractivity contribution in [1.29, 1.82) is 0 Å². The van der Waals surface area contributed by atoms with Crippen molar-refractivity contribution in [3.05, 3.63) is 54.2 Å². The number of nitrogens with one attached hydrogen (secondary N) is 2. The smallest absolute Gasteiger partial charge is 0.176 e. The van der Waals surface area contributed by atoms with E-state index >= 15 is 0 Å². The highest BCUT2D eigenvalue weighted by Gasteiger charge is 2.18. The second kappa shape index (κ2) is 6.29. The fraction of sp³-hybridized carbons (Fsp3) is 0.0500. The lowest BCUT2D eigenvalue weighted by Gasteiger charge is -1.98. The number of nitrogens with zero attached hydrogens (tertiary/aromatic N) is 6. The maximum absolute atomic E-state index is 13.5. The molecule has 0 aliphatic heterocycles. The standard InChI is InChI=1S/C20H13FN8S/c1-29-9-10(6-23-29)12-2-3-13-18(24-12)19(28-27-13)20-25-14-8-22-7-11(17(14)26-20)15-4-5-16(21)30-15/h2-9H,1H3,(H,25,26)(H,27,28). The maximum Gasteiger partial charge on any atom is 0.176 e. The topological polar surface area (TPSA) is 101 Å². The molecular weight excluding hydrogens is 403 g/mol. The van der Waals surface area contributed by atoms with Crippen LogP contribution in [-0.4, -0.2) is 39.9 Å². The number of rotatable bonds is 3. The van der Waals surface area contributed by atoms with E-state index in [-0.39, 0.29) is 5.13 Å². The number of H-pyrrole nitrogens is 2. The molecule has 0 fully saturated rings. The highest BCUT2D eigenvalue weighted by atomic mass is 32.1. The average Bonchev–Trinajstić information content (AvgIpc) is 3.52. The second-order valence-electron chi connectivity index (χ2n) is 6.84. The van der Waals surface area contributed by atoms with Crippen LogP contribution in [0, 0.1) is 5.13 Å². The largest absolute Gasteiger partial charge is 0.335 e. The van der Waals surface area contributed by atoms with Crippen molar-refractivity contribution in [2.75, 3.05) is 0 Å². The number of thiophene rings is 1. The summed E-state index contributed by atoms with van der Waals surface area (Å²) in [6, 6.07) is 7.03. The molecule has 0 amide bonds. The molecule has 0 atom stereocenters. The highest BCUT2D eigenvalue weighted by molar-refractivity contribution is 7.14. The number of aromatic nitrogens is 8. The Kier molecular flexibility index (Phi) is 3.56. The Morgan fingerprint density at radius 2 is 1.93 bits per heavy atom. The van der Waals surface area contributed by atoms with Gasteiger partial charge in [-0.15, -0.1) is 11.3 Å². The molecule has 8 nitrogen and oxygen atoms in total. The van der Waals surface area contributed by atoms with E-state index in [9.17, 15) is 4.39 Å². The van der Waals surface area contributed by atoms with Crippen molar-refractivity contribution in [2.45, 2.75) is 0 Å². The monoisotopic (exact) mass is 416 g/mol. The molecule has 0 radical (unpaired) electrons. The molecule has 146 valence electrons. The highest BCUT2D eigenvalue weighted by Crippen LogP contribution is 2.33. The van der Waals surface area contributed by atoms with Gasteiger partial charge in [-0.1, -0.05) is 0 Å². The lowest BCUT2D eigenvalue weighted by molar-refractivity contribution is 0.657. The molecule has 0 aliphatic rings. The van der Waals surface area contributed by atoms with Crippen LogP contribution in [0.15, 0.2) is 49.1 Å². The molecule has 0 aliphatic carbocycles. The molecule has 6 aromatic heterocycles. The van der Waals surface area contributed by atoms with Crippen LogP contribution in [0.3, 0.4) is 0 Å². The van der Waals surface area contributed by atoms with Gasteiger partial charge in [0.05, 0.1) is 29.1 Å². The third kappa shape index (κ3) is 2.61. The molecule has 0 saturated carbocycles. The number of halogens is 1. The Labute approximate surface area is 172 Å². The summed E-state index contributed by atoms with van der Waals surface area (Å²) in [6.07, 6.45) is 7.07. The first kappa shape index (κ1) is 17.0. The number of hydrogen-bond acceptors (Lipinski definition) is 6. The van der Waals surface area contributed by atoms with Crippen molar-refractivity contribution < 1.29 is 4.39 Å². The predicted molar refractivity (Wildman–Crippen MR) is 112 cm³/mol. The Balaban J connectivity index is 1.52. The molecule has 30 heavy (non-hydrogen) atoms. The quantitative estimate of drug-likeness (QED) is 0.451. The van der Waals surface area contributed by atoms with Crippen molar-refractivity contribution in [1.82, 2.24) is 39.9 Å². The van der Waals surface area contributed by atoms with Crippen LogP contribution < -0.4 is 0 Å². The first-order valence-electron chi connectivity index (χ1n) is 9.09. The van der Waals surface area contributed by atoms with Gasteiger partial charge in [0, 0.05) is 35.4 Å². The van der Waals surface area contributed by atoms with E-state index < -0.39 is 0 Å². The maximum atomic E-state index is 13.5. The van der Waals surface area contributed by atoms with Gasteiger partial charge in [-0.25, -0.2) is 9.97 Å². The van der Waals surface area contributed by atoms with Gasteiger partial charge in [0.25, 0.3) is 0 Å². The van der Waals surface area contributed by atoms with Crippen LogP contribution in [-0.2, 0) is 7.05 Å². The molecule has 6 aromatic rings. The normalized spacial score (nSPS) is 11.7. The van der Waals surface area contributed by atoms with E-state index in [0.717, 1.165) is 44.1 Å². The first-order valence-corrected chi connectivity index (χ1v) is 9.91. The lowest BCUT2D eigenvalue weighted by Crippen LogP contribution is -1.87. The molecule has 0 unspecified atom stereocenters. The molecule has 2 N–H and O–H groups in total. The van der Waals surface area contributed by atoms with E-state index in [1.807, 2.05) is 25.4 Å². The fourth-order valence-electron chi connectivity index (χ4n) is 3.46. The number of hydrogen-bond donors (Lipinski definition) is 2. The number of imidazole rings is 1. The van der Waals surface area contributed by atoms with Crippen molar-refractivity contribution in [3.63, 3.8) is 0 Å². The molecular formula is C20H13FN8S. The minimum atomic E-state index is -0.247. The van der Waals surface area contributed by atoms with Gasteiger partial charge in [0.2, 0.25) is 0 Å². The number of pyridine rings is 2. The number of fused-ring (bicyclic) bond motifs is 2. The SMILES string of the molecule is Cn1cc(-c2ccc3[nH]nc(-c4nc5c(-c6ccc(F)s6)cncc5[nH]4)c3n2)cn1. The summed E-state index contributed by atoms with van der Waals surface area (Å²) in [7, 11) is 1.87. The van der Waals surface area contributed by atoms with Gasteiger partial charge < -0.3 is 4.98 Å². The van der Waals surface area contributed by atoms with E-state index in [1.54, 1.807) is 29.3 Å². The summed E-state index contributed by atoms with van der Waals surface area (Å²) in [5.41, 5.74) is 6.05. The van der Waals surface area contributed by atoms with Crippen LogP contribution in [0.2, 0.25) is 0 Å². The van der Waals surface area contributed by atoms with Gasteiger partial charge in [-0.2, -0.15) is 14.6 Å². The molecule has 0 aromatic carbocycles. The molecule has 6 heterocycles. The fourth-order valence-corrected chi connectivity index (χ4v) is 4.20. The Hall–Kier alpha value is -3.92. The van der Waals surface area contributed by atoms with E-state index in [0.29, 0.717) is 22.6 Å². The minimum Gasteiger partial charge on any atom is -0.335 e. The summed E-state index contributed by atoms with van der Waals surface area (Å²) in [5.74, 6) is 0.568. The minimum absolute atomic E-state index is 0.247. The van der Waals surface area contributed by atoms with Gasteiger partial charge in [0.15, 0.2) is 16.6 Å². The van der Waals surface area contributed by atoms with E-state index in [4.69, 9.17) is 9.97 Å². The predicted octanol–water partition coefficient (Wildman–Crippen LogP) is 4.16. The summed E-state index contributed by atoms with van der Waals surface area (Å²) < 4.78 is 15.3. The lowest BCUT2D eigenvalue weighted by atomic mass is 10.2. The zero-order valence-corrected chi connectivity index (χ0v) is 16.4. The van der Waals surface area contributed by atoms with Crippen LogP contribution >= 0.6 is 11.3 Å². The number of aromatic amines is 2. The first-order chi connectivity index (χ1) is 14.7. The zero-order chi connectivity index (χ0) is 20.2. The molecule has 0 bridgehead atoms. The van der Waals surface area contributed by atoms with Gasteiger partial charge in [-0.05, 0) is 24.3 Å². The average molecular weight is 416 g/mol. The van der Waals surface area contributed by atoms with Gasteiger partial charge >= 0.3 is 0 Å². The third-order valence-electron chi connectivity index (χ3n) is 4.87. The van der Waals surface area contributed by atoms with Crippen LogP contribution in [0.4, 0.5) is 4.39 Å². The summed E-state index contributed by atoms with van der Waals surface area (Å²) in [5, 5.41) is 11.4. The second-order valence-corrected chi connectivity index (χ2v) is 7.87. The van der Waals surface area contributed by atoms with Gasteiger partial charge in [0.1, 0.15) is 11.0 Å². The van der Waals surface area contributed by atoms with Crippen LogP contribution in [0.25, 0.3) is 55.3 Å². The molecule has 0 saturated heterocycles. The summed E-state index contributed by atoms with van der Waals surface area (Å²) in [6.45, 7) is 0.